The average Bonchev–Trinajstić information content (AvgIpc) is 2.29. The Labute approximate surface area is 115 Å². The minimum atomic E-state index is -0.864. The first-order valence-corrected chi connectivity index (χ1v) is 6.84. The zero-order valence-electron chi connectivity index (χ0n) is 11.0. The molecule has 0 aromatic heterocycles. The number of benzene rings is 1. The van der Waals surface area contributed by atoms with Crippen molar-refractivity contribution in [2.24, 2.45) is 11.7 Å². The summed E-state index contributed by atoms with van der Waals surface area (Å²) >= 11 is 1.29. The van der Waals surface area contributed by atoms with Crippen LogP contribution in [0.25, 0.3) is 0 Å². The van der Waals surface area contributed by atoms with Gasteiger partial charge in [0.25, 0.3) is 0 Å². The van der Waals surface area contributed by atoms with Crippen molar-refractivity contribution in [1.29, 1.82) is 0 Å². The van der Waals surface area contributed by atoms with Gasteiger partial charge in [0.2, 0.25) is 0 Å². The summed E-state index contributed by atoms with van der Waals surface area (Å²) in [6.45, 7) is 4.64. The quantitative estimate of drug-likeness (QED) is 0.660. The van der Waals surface area contributed by atoms with Gasteiger partial charge in [0, 0.05) is 16.0 Å². The lowest BCUT2D eigenvalue weighted by atomic mass is 9.88. The van der Waals surface area contributed by atoms with E-state index < -0.39 is 11.3 Å². The zero-order valence-corrected chi connectivity index (χ0v) is 11.8. The average molecular weight is 277 g/mol. The number of nitrogens with two attached hydrogens (primary N) is 1. The maximum Gasteiger partial charge on any atom is 0.177 e. The first-order valence-electron chi connectivity index (χ1n) is 5.96. The van der Waals surface area contributed by atoms with Crippen LogP contribution in [0.2, 0.25) is 0 Å². The number of carbonyl (C=O) groups is 3. The van der Waals surface area contributed by atoms with Crippen LogP contribution in [-0.2, 0) is 4.79 Å². The maximum atomic E-state index is 12.5. The van der Waals surface area contributed by atoms with Crippen LogP contribution in [0.3, 0.4) is 0 Å². The third-order valence-electron chi connectivity index (χ3n) is 3.28. The van der Waals surface area contributed by atoms with Gasteiger partial charge in [0.15, 0.2) is 11.6 Å². The molecule has 0 amide bonds. The van der Waals surface area contributed by atoms with E-state index in [9.17, 15) is 14.4 Å². The first-order chi connectivity index (χ1) is 8.84. The lowest BCUT2D eigenvalue weighted by molar-refractivity contribution is -0.119. The molecule has 5 heteroatoms. The smallest absolute Gasteiger partial charge is 0.177 e. The number of Topliss-reactive ketones (excluding diaryl/α,β-unsaturated/α-hetero) is 3. The lowest BCUT2D eigenvalue weighted by Crippen LogP contribution is -2.41. The maximum absolute atomic E-state index is 12.5. The third kappa shape index (κ3) is 2.24. The molecule has 4 nitrogen and oxygen atoms in total. The Morgan fingerprint density at radius 2 is 1.89 bits per heavy atom. The second-order valence-electron chi connectivity index (χ2n) is 4.73. The van der Waals surface area contributed by atoms with Gasteiger partial charge in [-0.15, -0.1) is 11.8 Å². The van der Waals surface area contributed by atoms with E-state index in [0.29, 0.717) is 11.1 Å². The standard InChI is InChI=1S/C14H15NO3S/c1-6-4-5-9(7(2)16)11-12(18)10(8(3)17)14(15)19-13(6)11/h4-5,10,14H,15H2,1-3H3. The van der Waals surface area contributed by atoms with Crippen LogP contribution < -0.4 is 5.73 Å². The summed E-state index contributed by atoms with van der Waals surface area (Å²) in [5.41, 5.74) is 7.55. The van der Waals surface area contributed by atoms with Gasteiger partial charge in [-0.3, -0.25) is 14.4 Å². The van der Waals surface area contributed by atoms with E-state index in [4.69, 9.17) is 5.73 Å². The number of carbonyl (C=O) groups excluding carboxylic acids is 3. The summed E-state index contributed by atoms with van der Waals surface area (Å²) in [7, 11) is 0. The van der Waals surface area contributed by atoms with Crippen LogP contribution in [0.15, 0.2) is 17.0 Å². The summed E-state index contributed by atoms with van der Waals surface area (Å²) in [6.07, 6.45) is 0. The molecule has 0 radical (unpaired) electrons. The van der Waals surface area contributed by atoms with Crippen molar-refractivity contribution in [2.75, 3.05) is 0 Å². The van der Waals surface area contributed by atoms with Crippen molar-refractivity contribution in [3.63, 3.8) is 0 Å². The second-order valence-corrected chi connectivity index (χ2v) is 5.91. The van der Waals surface area contributed by atoms with Crippen LogP contribution in [-0.4, -0.2) is 22.7 Å². The van der Waals surface area contributed by atoms with E-state index in [-0.39, 0.29) is 17.3 Å². The molecule has 1 aliphatic heterocycles. The molecule has 0 bridgehead atoms. The molecule has 0 fully saturated rings. The molecular formula is C14H15NO3S. The van der Waals surface area contributed by atoms with E-state index in [1.54, 1.807) is 12.1 Å². The van der Waals surface area contributed by atoms with Crippen LogP contribution in [0.4, 0.5) is 0 Å². The molecule has 0 saturated carbocycles. The highest BCUT2D eigenvalue weighted by molar-refractivity contribution is 8.00. The van der Waals surface area contributed by atoms with Crippen molar-refractivity contribution in [3.8, 4) is 0 Å². The predicted molar refractivity (Wildman–Crippen MR) is 73.5 cm³/mol. The highest BCUT2D eigenvalue weighted by Crippen LogP contribution is 2.40. The van der Waals surface area contributed by atoms with Crippen LogP contribution in [0.5, 0.6) is 0 Å². The minimum absolute atomic E-state index is 0.178. The Morgan fingerprint density at radius 1 is 1.26 bits per heavy atom. The molecule has 2 N–H and O–H groups in total. The number of hydrogen-bond acceptors (Lipinski definition) is 5. The van der Waals surface area contributed by atoms with Gasteiger partial charge >= 0.3 is 0 Å². The number of thioether (sulfide) groups is 1. The highest BCUT2D eigenvalue weighted by Gasteiger charge is 2.39. The van der Waals surface area contributed by atoms with Crippen LogP contribution in [0.1, 0.15) is 40.1 Å². The van der Waals surface area contributed by atoms with E-state index in [1.807, 2.05) is 6.92 Å². The van der Waals surface area contributed by atoms with E-state index in [0.717, 1.165) is 10.5 Å². The minimum Gasteiger partial charge on any atom is -0.318 e. The molecule has 1 heterocycles. The summed E-state index contributed by atoms with van der Waals surface area (Å²) in [4.78, 5) is 36.5. The van der Waals surface area contributed by atoms with Gasteiger partial charge in [0.05, 0.1) is 5.37 Å². The summed E-state index contributed by atoms with van der Waals surface area (Å²) < 4.78 is 0. The molecule has 1 aromatic rings. The zero-order chi connectivity index (χ0) is 14.3. The SMILES string of the molecule is CC(=O)c1ccc(C)c2c1C(=O)C(C(C)=O)C(N)S2. The van der Waals surface area contributed by atoms with Gasteiger partial charge in [-0.05, 0) is 26.3 Å². The Balaban J connectivity index is 2.69. The predicted octanol–water partition coefficient (Wildman–Crippen LogP) is 1.98. The van der Waals surface area contributed by atoms with Gasteiger partial charge in [-0.2, -0.15) is 0 Å². The summed E-state index contributed by atoms with van der Waals surface area (Å²) in [6, 6.07) is 3.44. The summed E-state index contributed by atoms with van der Waals surface area (Å²) in [5, 5.41) is -0.585. The van der Waals surface area contributed by atoms with Crippen molar-refractivity contribution < 1.29 is 14.4 Å². The second kappa shape index (κ2) is 4.90. The molecule has 2 unspecified atom stereocenters. The Bertz CT molecular complexity index is 595. The molecule has 19 heavy (non-hydrogen) atoms. The van der Waals surface area contributed by atoms with Crippen LogP contribution >= 0.6 is 11.8 Å². The lowest BCUT2D eigenvalue weighted by Gasteiger charge is -2.29. The number of hydrogen-bond donors (Lipinski definition) is 1. The van der Waals surface area contributed by atoms with Gasteiger partial charge in [-0.25, -0.2) is 0 Å². The molecule has 0 saturated heterocycles. The van der Waals surface area contributed by atoms with Crippen molar-refractivity contribution in [2.45, 2.75) is 31.0 Å². The number of ketones is 3. The summed E-state index contributed by atoms with van der Waals surface area (Å²) in [5.74, 6) is -1.63. The molecule has 100 valence electrons. The topological polar surface area (TPSA) is 77.2 Å². The monoisotopic (exact) mass is 277 g/mol. The molecule has 1 aromatic carbocycles. The molecule has 0 spiro atoms. The van der Waals surface area contributed by atoms with Crippen LogP contribution in [0, 0.1) is 12.8 Å². The first kappa shape index (κ1) is 14.0. The van der Waals surface area contributed by atoms with E-state index in [2.05, 4.69) is 0 Å². The van der Waals surface area contributed by atoms with Gasteiger partial charge in [-0.1, -0.05) is 12.1 Å². The largest absolute Gasteiger partial charge is 0.318 e. The highest BCUT2D eigenvalue weighted by atomic mass is 32.2. The van der Waals surface area contributed by atoms with E-state index in [1.165, 1.54) is 25.6 Å². The normalized spacial score (nSPS) is 22.0. The number of rotatable bonds is 2. The molecule has 0 aliphatic carbocycles. The van der Waals surface area contributed by atoms with Gasteiger partial charge < -0.3 is 5.73 Å². The molecular weight excluding hydrogens is 262 g/mol. The van der Waals surface area contributed by atoms with Gasteiger partial charge in [0.1, 0.15) is 11.7 Å². The Kier molecular flexibility index (Phi) is 3.60. The Morgan fingerprint density at radius 3 is 2.42 bits per heavy atom. The number of fused-ring (bicyclic) bond motifs is 1. The third-order valence-corrected chi connectivity index (χ3v) is 4.59. The van der Waals surface area contributed by atoms with Crippen molar-refractivity contribution in [1.82, 2.24) is 0 Å². The van der Waals surface area contributed by atoms with Crippen molar-refractivity contribution in [3.05, 3.63) is 28.8 Å². The fourth-order valence-electron chi connectivity index (χ4n) is 2.30. The Hall–Kier alpha value is -1.46. The fraction of sp³-hybridized carbons (Fsp3) is 0.357. The molecule has 2 rings (SSSR count). The molecule has 1 aliphatic rings. The molecule has 2 atom stereocenters. The number of aryl methyl sites for hydroxylation is 1. The fourth-order valence-corrected chi connectivity index (χ4v) is 3.61. The van der Waals surface area contributed by atoms with E-state index >= 15 is 0 Å². The van der Waals surface area contributed by atoms with Crippen molar-refractivity contribution >= 4 is 29.1 Å².